The Hall–Kier alpha value is -1.00. The van der Waals surface area contributed by atoms with Gasteiger partial charge in [-0.25, -0.2) is 9.97 Å². The summed E-state index contributed by atoms with van der Waals surface area (Å²) in [6.07, 6.45) is 3.59. The van der Waals surface area contributed by atoms with E-state index < -0.39 is 0 Å². The first-order valence-corrected chi connectivity index (χ1v) is 2.83. The molecule has 0 saturated heterocycles. The molecule has 0 unspecified atom stereocenters. The second kappa shape index (κ2) is 4.76. The molecule has 0 amide bonds. The smallest absolute Gasteiger partial charge is 0.153 e. The van der Waals surface area contributed by atoms with E-state index in [-0.39, 0.29) is 12.4 Å². The molecule has 1 aromatic rings. The van der Waals surface area contributed by atoms with Crippen molar-refractivity contribution in [1.29, 1.82) is 0 Å². The molecule has 1 rings (SSSR count). The molecule has 0 atom stereocenters. The van der Waals surface area contributed by atoms with Crippen LogP contribution in [0, 0.1) is 0 Å². The second-order valence-corrected chi connectivity index (χ2v) is 1.75. The molecular formula is C6H8ClN3O. The molecule has 0 spiro atoms. The standard InChI is InChI=1S/C6H7N3O.ClH/c7-1-6-8-2-5(4-10)3-9-6;/h2-4H,1,7H2;1H. The van der Waals surface area contributed by atoms with Gasteiger partial charge in [-0.15, -0.1) is 12.4 Å². The van der Waals surface area contributed by atoms with E-state index in [0.717, 1.165) is 0 Å². The molecule has 0 bridgehead atoms. The third-order valence-corrected chi connectivity index (χ3v) is 1.04. The summed E-state index contributed by atoms with van der Waals surface area (Å²) in [5.41, 5.74) is 5.70. The van der Waals surface area contributed by atoms with Crippen LogP contribution in [0.1, 0.15) is 16.2 Å². The summed E-state index contributed by atoms with van der Waals surface area (Å²) < 4.78 is 0. The monoisotopic (exact) mass is 173 g/mol. The third kappa shape index (κ3) is 2.61. The largest absolute Gasteiger partial charge is 0.324 e. The fraction of sp³-hybridized carbons (Fsp3) is 0.167. The van der Waals surface area contributed by atoms with Crippen LogP contribution in [-0.2, 0) is 6.54 Å². The van der Waals surface area contributed by atoms with E-state index >= 15 is 0 Å². The Bertz CT molecular complexity index is 224. The maximum atomic E-state index is 10.1. The Kier molecular flexibility index (Phi) is 4.33. The first kappa shape index (κ1) is 10.0. The minimum Gasteiger partial charge on any atom is -0.324 e. The van der Waals surface area contributed by atoms with Crippen molar-refractivity contribution in [3.63, 3.8) is 0 Å². The van der Waals surface area contributed by atoms with Crippen molar-refractivity contribution < 1.29 is 4.79 Å². The summed E-state index contributed by atoms with van der Waals surface area (Å²) in [4.78, 5) is 17.7. The van der Waals surface area contributed by atoms with Crippen molar-refractivity contribution in [1.82, 2.24) is 9.97 Å². The molecule has 11 heavy (non-hydrogen) atoms. The highest BCUT2D eigenvalue weighted by molar-refractivity contribution is 5.85. The maximum Gasteiger partial charge on any atom is 0.153 e. The quantitative estimate of drug-likeness (QED) is 0.648. The van der Waals surface area contributed by atoms with E-state index in [1.165, 1.54) is 12.4 Å². The van der Waals surface area contributed by atoms with Gasteiger partial charge in [0.05, 0.1) is 12.1 Å². The van der Waals surface area contributed by atoms with Gasteiger partial charge in [0, 0.05) is 12.4 Å². The normalized spacial score (nSPS) is 8.45. The minimum absolute atomic E-state index is 0. The van der Waals surface area contributed by atoms with Gasteiger partial charge < -0.3 is 5.73 Å². The number of carbonyl (C=O) groups excluding carboxylic acids is 1. The van der Waals surface area contributed by atoms with Crippen LogP contribution in [0.15, 0.2) is 12.4 Å². The van der Waals surface area contributed by atoms with Gasteiger partial charge >= 0.3 is 0 Å². The zero-order chi connectivity index (χ0) is 7.40. The fourth-order valence-electron chi connectivity index (χ4n) is 0.531. The topological polar surface area (TPSA) is 68.9 Å². The van der Waals surface area contributed by atoms with E-state index in [0.29, 0.717) is 24.2 Å². The molecule has 5 heteroatoms. The molecule has 0 aliphatic carbocycles. The summed E-state index contributed by atoms with van der Waals surface area (Å²) in [5.74, 6) is 0.547. The van der Waals surface area contributed by atoms with Crippen LogP contribution in [-0.4, -0.2) is 16.3 Å². The van der Waals surface area contributed by atoms with Gasteiger partial charge in [-0.3, -0.25) is 4.79 Å². The van der Waals surface area contributed by atoms with Gasteiger partial charge in [-0.1, -0.05) is 0 Å². The Balaban J connectivity index is 0.000001000. The van der Waals surface area contributed by atoms with Crippen LogP contribution in [0.4, 0.5) is 0 Å². The zero-order valence-electron chi connectivity index (χ0n) is 5.73. The Labute approximate surface area is 70.3 Å². The molecule has 1 heterocycles. The van der Waals surface area contributed by atoms with E-state index in [1.807, 2.05) is 0 Å². The lowest BCUT2D eigenvalue weighted by Crippen LogP contribution is -2.02. The molecule has 60 valence electrons. The van der Waals surface area contributed by atoms with Crippen molar-refractivity contribution in [2.24, 2.45) is 5.73 Å². The van der Waals surface area contributed by atoms with Gasteiger partial charge in [0.25, 0.3) is 0 Å². The SMILES string of the molecule is Cl.NCc1ncc(C=O)cn1. The van der Waals surface area contributed by atoms with E-state index in [2.05, 4.69) is 9.97 Å². The van der Waals surface area contributed by atoms with Crippen LogP contribution >= 0.6 is 12.4 Å². The first-order chi connectivity index (χ1) is 4.86. The Morgan fingerprint density at radius 2 is 2.00 bits per heavy atom. The minimum atomic E-state index is 0. The summed E-state index contributed by atoms with van der Waals surface area (Å²) >= 11 is 0. The molecule has 0 saturated carbocycles. The molecule has 0 fully saturated rings. The molecular weight excluding hydrogens is 166 g/mol. The number of rotatable bonds is 2. The Morgan fingerprint density at radius 1 is 1.45 bits per heavy atom. The van der Waals surface area contributed by atoms with Crippen molar-refractivity contribution >= 4 is 18.7 Å². The number of aromatic nitrogens is 2. The number of halogens is 1. The second-order valence-electron chi connectivity index (χ2n) is 1.75. The highest BCUT2D eigenvalue weighted by Gasteiger charge is 1.91. The molecule has 2 N–H and O–H groups in total. The fourth-order valence-corrected chi connectivity index (χ4v) is 0.531. The number of hydrogen-bond acceptors (Lipinski definition) is 4. The number of hydrogen-bond donors (Lipinski definition) is 1. The molecule has 0 aliphatic heterocycles. The summed E-state index contributed by atoms with van der Waals surface area (Å²) in [6.45, 7) is 0.305. The molecule has 0 radical (unpaired) electrons. The van der Waals surface area contributed by atoms with E-state index in [9.17, 15) is 4.79 Å². The average Bonchev–Trinajstić information content (AvgIpc) is 2.05. The third-order valence-electron chi connectivity index (χ3n) is 1.04. The number of aldehydes is 1. The number of carbonyl (C=O) groups is 1. The lowest BCUT2D eigenvalue weighted by atomic mass is 10.4. The Morgan fingerprint density at radius 3 is 2.36 bits per heavy atom. The highest BCUT2D eigenvalue weighted by Crippen LogP contribution is 1.90. The molecule has 0 aromatic carbocycles. The lowest BCUT2D eigenvalue weighted by Gasteiger charge is -1.92. The molecule has 0 aliphatic rings. The van der Waals surface area contributed by atoms with Gasteiger partial charge in [-0.2, -0.15) is 0 Å². The van der Waals surface area contributed by atoms with Crippen LogP contribution < -0.4 is 5.73 Å². The number of nitrogens with zero attached hydrogens (tertiary/aromatic N) is 2. The zero-order valence-corrected chi connectivity index (χ0v) is 6.54. The van der Waals surface area contributed by atoms with Crippen LogP contribution in [0.3, 0.4) is 0 Å². The van der Waals surface area contributed by atoms with Gasteiger partial charge in [0.2, 0.25) is 0 Å². The predicted molar refractivity (Wildman–Crippen MR) is 42.6 cm³/mol. The maximum absolute atomic E-state index is 10.1. The van der Waals surface area contributed by atoms with Gasteiger partial charge in [-0.05, 0) is 0 Å². The molecule has 4 nitrogen and oxygen atoms in total. The van der Waals surface area contributed by atoms with E-state index in [4.69, 9.17) is 5.73 Å². The summed E-state index contributed by atoms with van der Waals surface area (Å²) in [6, 6.07) is 0. The van der Waals surface area contributed by atoms with Crippen molar-refractivity contribution in [3.05, 3.63) is 23.8 Å². The average molecular weight is 174 g/mol. The first-order valence-electron chi connectivity index (χ1n) is 2.83. The van der Waals surface area contributed by atoms with Crippen LogP contribution in [0.5, 0.6) is 0 Å². The molecule has 1 aromatic heterocycles. The number of nitrogens with two attached hydrogens (primary N) is 1. The van der Waals surface area contributed by atoms with Crippen LogP contribution in [0.2, 0.25) is 0 Å². The predicted octanol–water partition coefficient (Wildman–Crippen LogP) is 0.170. The lowest BCUT2D eigenvalue weighted by molar-refractivity contribution is 0.112. The summed E-state index contributed by atoms with van der Waals surface area (Å²) in [5, 5.41) is 0. The van der Waals surface area contributed by atoms with Crippen molar-refractivity contribution in [2.45, 2.75) is 6.54 Å². The van der Waals surface area contributed by atoms with E-state index in [1.54, 1.807) is 0 Å². The highest BCUT2D eigenvalue weighted by atomic mass is 35.5. The summed E-state index contributed by atoms with van der Waals surface area (Å²) in [7, 11) is 0. The van der Waals surface area contributed by atoms with Crippen molar-refractivity contribution in [2.75, 3.05) is 0 Å². The van der Waals surface area contributed by atoms with Gasteiger partial charge in [0.1, 0.15) is 5.82 Å². The van der Waals surface area contributed by atoms with Gasteiger partial charge in [0.15, 0.2) is 6.29 Å². The van der Waals surface area contributed by atoms with Crippen molar-refractivity contribution in [3.8, 4) is 0 Å². The van der Waals surface area contributed by atoms with Crippen LogP contribution in [0.25, 0.3) is 0 Å².